The van der Waals surface area contributed by atoms with Crippen LogP contribution >= 0.6 is 0 Å². The number of carbonyl (C=O) groups is 1. The van der Waals surface area contributed by atoms with Gasteiger partial charge in [-0.15, -0.1) is 0 Å². The van der Waals surface area contributed by atoms with E-state index in [1.807, 2.05) is 13.8 Å². The van der Waals surface area contributed by atoms with Crippen LogP contribution in [0.15, 0.2) is 4.42 Å². The summed E-state index contributed by atoms with van der Waals surface area (Å²) in [6.45, 7) is 9.70. The van der Waals surface area contributed by atoms with Crippen LogP contribution in [0.25, 0.3) is 11.2 Å². The van der Waals surface area contributed by atoms with E-state index in [-0.39, 0.29) is 0 Å². The molecule has 0 radical (unpaired) electrons. The van der Waals surface area contributed by atoms with Crippen molar-refractivity contribution in [1.29, 1.82) is 0 Å². The Labute approximate surface area is 166 Å². The molecule has 0 aromatic carbocycles. The molecule has 28 heavy (non-hydrogen) atoms. The number of rotatable bonds is 4. The second kappa shape index (κ2) is 8.05. The number of carbonyl (C=O) groups excluding carboxylic acids is 1. The smallest absolute Gasteiger partial charge is 0.252 e. The van der Waals surface area contributed by atoms with E-state index in [4.69, 9.17) is 4.42 Å². The molecule has 2 fully saturated rings. The molecule has 2 aliphatic rings. The average Bonchev–Trinajstić information content (AvgIpc) is 3.07. The van der Waals surface area contributed by atoms with Crippen molar-refractivity contribution in [2.45, 2.75) is 59.3 Å². The Morgan fingerprint density at radius 3 is 2.29 bits per heavy atom. The van der Waals surface area contributed by atoms with Gasteiger partial charge in [-0.2, -0.15) is 4.98 Å². The molecule has 152 valence electrons. The van der Waals surface area contributed by atoms with Gasteiger partial charge in [0.05, 0.1) is 0 Å². The van der Waals surface area contributed by atoms with Crippen molar-refractivity contribution >= 4 is 23.0 Å². The molecule has 2 aromatic rings. The van der Waals surface area contributed by atoms with Crippen LogP contribution in [-0.4, -0.2) is 51.9 Å². The number of nitrogens with zero attached hydrogens (tertiary/aromatic N) is 5. The van der Waals surface area contributed by atoms with E-state index in [2.05, 4.69) is 31.7 Å². The fourth-order valence-electron chi connectivity index (χ4n) is 4.81. The Morgan fingerprint density at radius 1 is 1.00 bits per heavy atom. The molecule has 4 rings (SSSR count). The zero-order valence-electron chi connectivity index (χ0n) is 17.3. The first kappa shape index (κ1) is 19.2. The maximum absolute atomic E-state index is 12.1. The number of oxazole rings is 1. The van der Waals surface area contributed by atoms with Gasteiger partial charge in [0.25, 0.3) is 5.71 Å². The molecule has 1 amide bonds. The van der Waals surface area contributed by atoms with Gasteiger partial charge in [-0.05, 0) is 50.9 Å². The van der Waals surface area contributed by atoms with E-state index in [1.54, 1.807) is 0 Å². The Balaban J connectivity index is 1.36. The number of likely N-dealkylation sites (tertiary alicyclic amines) is 1. The molecular weight excluding hydrogens is 354 g/mol. The normalized spacial score (nSPS) is 19.5. The summed E-state index contributed by atoms with van der Waals surface area (Å²) in [5.41, 5.74) is 1.37. The number of anilines is 1. The molecule has 0 aliphatic carbocycles. The highest BCUT2D eigenvalue weighted by molar-refractivity contribution is 5.82. The van der Waals surface area contributed by atoms with Gasteiger partial charge < -0.3 is 14.2 Å². The van der Waals surface area contributed by atoms with Crippen LogP contribution in [0.1, 0.15) is 57.2 Å². The lowest BCUT2D eigenvalue weighted by Gasteiger charge is -2.40. The average molecular weight is 386 g/mol. The van der Waals surface area contributed by atoms with Crippen LogP contribution in [0.5, 0.6) is 0 Å². The van der Waals surface area contributed by atoms with Gasteiger partial charge in [0.1, 0.15) is 5.82 Å². The highest BCUT2D eigenvalue weighted by Gasteiger charge is 2.31. The minimum atomic E-state index is 0.335. The van der Waals surface area contributed by atoms with Crippen molar-refractivity contribution in [1.82, 2.24) is 19.9 Å². The molecule has 4 heterocycles. The second-order valence-corrected chi connectivity index (χ2v) is 8.27. The number of piperidine rings is 2. The number of fused-ring (bicyclic) bond motifs is 1. The van der Waals surface area contributed by atoms with E-state index >= 15 is 0 Å². The van der Waals surface area contributed by atoms with E-state index in [9.17, 15) is 4.79 Å². The van der Waals surface area contributed by atoms with E-state index < -0.39 is 0 Å². The minimum absolute atomic E-state index is 0.335. The summed E-state index contributed by atoms with van der Waals surface area (Å²) in [7, 11) is 0. The highest BCUT2D eigenvalue weighted by atomic mass is 16.4. The summed E-state index contributed by atoms with van der Waals surface area (Å²) in [5.74, 6) is 4.10. The first-order valence-electron chi connectivity index (χ1n) is 10.7. The zero-order valence-corrected chi connectivity index (χ0v) is 17.3. The second-order valence-electron chi connectivity index (χ2n) is 8.27. The van der Waals surface area contributed by atoms with Gasteiger partial charge in [-0.1, -0.05) is 6.92 Å². The van der Waals surface area contributed by atoms with Gasteiger partial charge in [-0.25, -0.2) is 9.97 Å². The monoisotopic (exact) mass is 385 g/mol. The third-order valence-electron chi connectivity index (χ3n) is 6.32. The fraction of sp³-hybridized carbons (Fsp3) is 0.714. The molecule has 0 bridgehead atoms. The number of hydrogen-bond donors (Lipinski definition) is 0. The van der Waals surface area contributed by atoms with E-state index in [0.29, 0.717) is 23.9 Å². The Kier molecular flexibility index (Phi) is 5.51. The highest BCUT2D eigenvalue weighted by Crippen LogP contribution is 2.35. The summed E-state index contributed by atoms with van der Waals surface area (Å²) < 4.78 is 5.62. The topological polar surface area (TPSA) is 75.4 Å². The maximum Gasteiger partial charge on any atom is 0.252 e. The molecular formula is C21H31N5O2. The lowest BCUT2D eigenvalue weighted by Crippen LogP contribution is -2.43. The third-order valence-corrected chi connectivity index (χ3v) is 6.32. The van der Waals surface area contributed by atoms with Gasteiger partial charge in [0, 0.05) is 39.5 Å². The predicted molar refractivity (Wildman–Crippen MR) is 108 cm³/mol. The molecule has 2 aliphatic heterocycles. The molecule has 0 atom stereocenters. The minimum Gasteiger partial charge on any atom is -0.422 e. The van der Waals surface area contributed by atoms with Crippen LogP contribution in [0, 0.1) is 25.7 Å². The van der Waals surface area contributed by atoms with Crippen molar-refractivity contribution in [3.63, 3.8) is 0 Å². The van der Waals surface area contributed by atoms with Crippen LogP contribution < -0.4 is 4.90 Å². The van der Waals surface area contributed by atoms with Gasteiger partial charge in [-0.3, -0.25) is 4.79 Å². The Morgan fingerprint density at radius 2 is 1.64 bits per heavy atom. The molecule has 2 saturated heterocycles. The standard InChI is InChI=1S/C21H31N5O2/c1-4-5-18(27)25-10-6-16(7-11-25)17-8-12-26(13-9-17)20-19-21(23-14(2)22-20)28-15(3)24-19/h16-17H,4-13H2,1-3H3. The van der Waals surface area contributed by atoms with Crippen molar-refractivity contribution in [2.75, 3.05) is 31.1 Å². The van der Waals surface area contributed by atoms with Crippen molar-refractivity contribution in [3.05, 3.63) is 11.7 Å². The number of amides is 1. The van der Waals surface area contributed by atoms with Crippen LogP contribution in [0.3, 0.4) is 0 Å². The molecule has 2 aromatic heterocycles. The van der Waals surface area contributed by atoms with Gasteiger partial charge >= 0.3 is 0 Å². The molecule has 0 unspecified atom stereocenters. The summed E-state index contributed by atoms with van der Waals surface area (Å²) in [6.07, 6.45) is 6.29. The Bertz CT molecular complexity index is 833. The summed E-state index contributed by atoms with van der Waals surface area (Å²) in [5, 5.41) is 0. The molecule has 0 saturated carbocycles. The zero-order chi connectivity index (χ0) is 19.7. The van der Waals surface area contributed by atoms with Crippen molar-refractivity contribution in [3.8, 4) is 0 Å². The van der Waals surface area contributed by atoms with Crippen LogP contribution in [0.4, 0.5) is 5.82 Å². The number of aryl methyl sites for hydroxylation is 2. The first-order valence-corrected chi connectivity index (χ1v) is 10.7. The van der Waals surface area contributed by atoms with Crippen molar-refractivity contribution in [2.24, 2.45) is 11.8 Å². The summed E-state index contributed by atoms with van der Waals surface area (Å²) in [4.78, 5) is 30.1. The van der Waals surface area contributed by atoms with Gasteiger partial charge in [0.15, 0.2) is 17.2 Å². The fourth-order valence-corrected chi connectivity index (χ4v) is 4.81. The number of hydrogen-bond acceptors (Lipinski definition) is 6. The Hall–Kier alpha value is -2.18. The lowest BCUT2D eigenvalue weighted by atomic mass is 9.78. The van der Waals surface area contributed by atoms with Crippen molar-refractivity contribution < 1.29 is 9.21 Å². The van der Waals surface area contributed by atoms with E-state index in [0.717, 1.165) is 74.4 Å². The molecule has 0 N–H and O–H groups in total. The molecule has 0 spiro atoms. The quantitative estimate of drug-likeness (QED) is 0.802. The van der Waals surface area contributed by atoms with Gasteiger partial charge in [0.2, 0.25) is 5.91 Å². The third kappa shape index (κ3) is 3.84. The number of aromatic nitrogens is 3. The SMILES string of the molecule is CCCC(=O)N1CCC(C2CCN(c3nc(C)nc4oc(C)nc34)CC2)CC1. The molecule has 7 nitrogen and oxygen atoms in total. The lowest BCUT2D eigenvalue weighted by molar-refractivity contribution is -0.132. The van der Waals surface area contributed by atoms with Crippen LogP contribution in [0.2, 0.25) is 0 Å². The predicted octanol–water partition coefficient (Wildman–Crippen LogP) is 3.49. The molecule has 7 heteroatoms. The summed E-state index contributed by atoms with van der Waals surface area (Å²) >= 11 is 0. The first-order chi connectivity index (χ1) is 13.5. The maximum atomic E-state index is 12.1. The van der Waals surface area contributed by atoms with Crippen LogP contribution in [-0.2, 0) is 4.79 Å². The summed E-state index contributed by atoms with van der Waals surface area (Å²) in [6, 6.07) is 0. The largest absolute Gasteiger partial charge is 0.422 e. The van der Waals surface area contributed by atoms with E-state index in [1.165, 1.54) is 12.8 Å².